The number of rotatable bonds is 4. The van der Waals surface area contributed by atoms with Gasteiger partial charge in [-0.25, -0.2) is 9.18 Å². The summed E-state index contributed by atoms with van der Waals surface area (Å²) in [7, 11) is 1.57. The van der Waals surface area contributed by atoms with Crippen LogP contribution in [0.4, 0.5) is 10.1 Å². The second kappa shape index (κ2) is 8.70. The van der Waals surface area contributed by atoms with Crippen LogP contribution in [0, 0.1) is 12.7 Å². The Kier molecular flexibility index (Phi) is 5.78. The predicted octanol–water partition coefficient (Wildman–Crippen LogP) is 2.44. The molecule has 1 aliphatic heterocycles. The van der Waals surface area contributed by atoms with Crippen LogP contribution in [-0.2, 0) is 9.59 Å². The number of hydrogen-bond acceptors (Lipinski definition) is 4. The number of aromatic nitrogens is 2. The molecule has 2 aromatic carbocycles. The van der Waals surface area contributed by atoms with Gasteiger partial charge < -0.3 is 10.2 Å². The summed E-state index contributed by atoms with van der Waals surface area (Å²) in [5.74, 6) is -1.51. The van der Waals surface area contributed by atoms with E-state index in [1.807, 2.05) is 0 Å². The minimum absolute atomic E-state index is 0.0766. The molecule has 33 heavy (non-hydrogen) atoms. The number of H-pyrrole nitrogens is 1. The van der Waals surface area contributed by atoms with Crippen molar-refractivity contribution >= 4 is 17.5 Å². The molecule has 2 amide bonds. The molecule has 0 radical (unpaired) electrons. The van der Waals surface area contributed by atoms with E-state index in [0.29, 0.717) is 22.5 Å². The minimum atomic E-state index is -0.602. The first-order chi connectivity index (χ1) is 15.7. The Morgan fingerprint density at radius 3 is 2.52 bits per heavy atom. The van der Waals surface area contributed by atoms with Gasteiger partial charge in [0.2, 0.25) is 5.91 Å². The third kappa shape index (κ3) is 4.52. The quantitative estimate of drug-likeness (QED) is 0.640. The number of hydrogen-bond donors (Lipinski definition) is 2. The van der Waals surface area contributed by atoms with Gasteiger partial charge in [-0.15, -0.1) is 0 Å². The number of amides is 2. The van der Waals surface area contributed by atoms with Crippen LogP contribution in [0.3, 0.4) is 0 Å². The van der Waals surface area contributed by atoms with E-state index in [-0.39, 0.29) is 12.3 Å². The number of carbonyl (C=O) groups is 2. The molecule has 3 aromatic rings. The second-order valence-electron chi connectivity index (χ2n) is 7.83. The molecule has 1 aromatic heterocycles. The zero-order valence-corrected chi connectivity index (χ0v) is 18.0. The van der Waals surface area contributed by atoms with E-state index >= 15 is 0 Å². The summed E-state index contributed by atoms with van der Waals surface area (Å²) in [6.45, 7) is 1.80. The van der Waals surface area contributed by atoms with Gasteiger partial charge in [0, 0.05) is 49.1 Å². The van der Waals surface area contributed by atoms with Gasteiger partial charge in [0.15, 0.2) is 0 Å². The molecule has 2 heterocycles. The SMILES string of the molecule is Cc1ccc(-n2ccc(=O)[nH]c2=O)cc1NC(=O)C1=CN(C)C(=O)C[C@H]1c1ccc(F)cc1. The maximum atomic E-state index is 13.4. The monoisotopic (exact) mass is 448 g/mol. The lowest BCUT2D eigenvalue weighted by atomic mass is 9.85. The van der Waals surface area contributed by atoms with Gasteiger partial charge in [-0.3, -0.25) is 23.9 Å². The second-order valence-corrected chi connectivity index (χ2v) is 7.83. The van der Waals surface area contributed by atoms with E-state index < -0.39 is 28.9 Å². The van der Waals surface area contributed by atoms with E-state index in [1.54, 1.807) is 44.3 Å². The lowest BCUT2D eigenvalue weighted by molar-refractivity contribution is -0.128. The summed E-state index contributed by atoms with van der Waals surface area (Å²) in [6.07, 6.45) is 2.92. The normalized spacial score (nSPS) is 15.8. The Balaban J connectivity index is 1.68. The van der Waals surface area contributed by atoms with Crippen LogP contribution >= 0.6 is 0 Å². The van der Waals surface area contributed by atoms with Gasteiger partial charge in [-0.1, -0.05) is 18.2 Å². The fraction of sp³-hybridized carbons (Fsp3) is 0.167. The van der Waals surface area contributed by atoms with Crippen molar-refractivity contribution in [1.29, 1.82) is 0 Å². The Bertz CT molecular complexity index is 1390. The summed E-state index contributed by atoms with van der Waals surface area (Å²) in [5, 5.41) is 2.86. The number of benzene rings is 2. The number of aromatic amines is 1. The molecule has 4 rings (SSSR count). The average molecular weight is 448 g/mol. The smallest absolute Gasteiger partial charge is 0.322 e. The zero-order chi connectivity index (χ0) is 23.7. The van der Waals surface area contributed by atoms with E-state index in [4.69, 9.17) is 0 Å². The molecule has 0 fully saturated rings. The van der Waals surface area contributed by atoms with Gasteiger partial charge in [0.1, 0.15) is 5.82 Å². The molecule has 1 aliphatic rings. The van der Waals surface area contributed by atoms with Gasteiger partial charge in [-0.2, -0.15) is 0 Å². The van der Waals surface area contributed by atoms with Crippen molar-refractivity contribution in [3.05, 3.63) is 104 Å². The summed E-state index contributed by atoms with van der Waals surface area (Å²) in [4.78, 5) is 52.6. The topological polar surface area (TPSA) is 104 Å². The van der Waals surface area contributed by atoms with E-state index in [1.165, 1.54) is 40.1 Å². The molecule has 2 N–H and O–H groups in total. The van der Waals surface area contributed by atoms with E-state index in [2.05, 4.69) is 10.3 Å². The minimum Gasteiger partial charge on any atom is -0.322 e. The molecule has 8 nitrogen and oxygen atoms in total. The van der Waals surface area contributed by atoms with Gasteiger partial charge in [-0.05, 0) is 42.3 Å². The molecule has 0 saturated carbocycles. The Labute approximate surface area is 188 Å². The molecule has 0 bridgehead atoms. The fourth-order valence-corrected chi connectivity index (χ4v) is 3.72. The van der Waals surface area contributed by atoms with Crippen molar-refractivity contribution < 1.29 is 14.0 Å². The fourth-order valence-electron chi connectivity index (χ4n) is 3.72. The van der Waals surface area contributed by atoms with Crippen molar-refractivity contribution in [2.24, 2.45) is 0 Å². The zero-order valence-electron chi connectivity index (χ0n) is 18.0. The summed E-state index contributed by atoms with van der Waals surface area (Å²) in [6, 6.07) is 12.0. The largest absolute Gasteiger partial charge is 0.332 e. The highest BCUT2D eigenvalue weighted by atomic mass is 19.1. The van der Waals surface area contributed by atoms with Gasteiger partial charge in [0.25, 0.3) is 11.5 Å². The standard InChI is InChI=1S/C24H21FN4O4/c1-14-3-8-17(29-10-9-21(30)27-24(29)33)11-20(14)26-23(32)19-13-28(2)22(31)12-18(19)15-4-6-16(25)7-5-15/h3-11,13,18H,12H2,1-2H3,(H,26,32)(H,27,30,33)/t18-/m0/s1. The number of anilines is 1. The number of carbonyl (C=O) groups excluding carboxylic acids is 2. The van der Waals surface area contributed by atoms with E-state index in [0.717, 1.165) is 5.56 Å². The highest BCUT2D eigenvalue weighted by Crippen LogP contribution is 2.33. The molecular formula is C24H21FN4O4. The molecule has 0 saturated heterocycles. The first-order valence-electron chi connectivity index (χ1n) is 10.2. The van der Waals surface area contributed by atoms with Crippen LogP contribution in [0.2, 0.25) is 0 Å². The van der Waals surface area contributed by atoms with Gasteiger partial charge in [0.05, 0.1) is 5.69 Å². The van der Waals surface area contributed by atoms with Crippen LogP contribution < -0.4 is 16.6 Å². The van der Waals surface area contributed by atoms with Crippen molar-refractivity contribution in [2.45, 2.75) is 19.3 Å². The molecule has 0 aliphatic carbocycles. The molecule has 9 heteroatoms. The van der Waals surface area contributed by atoms with Crippen molar-refractivity contribution in [1.82, 2.24) is 14.5 Å². The molecule has 1 atom stereocenters. The van der Waals surface area contributed by atoms with Crippen LogP contribution in [0.15, 0.2) is 76.1 Å². The number of halogens is 1. The maximum Gasteiger partial charge on any atom is 0.332 e. The Hall–Kier alpha value is -4.27. The third-order valence-corrected chi connectivity index (χ3v) is 5.59. The summed E-state index contributed by atoms with van der Waals surface area (Å²) in [5.41, 5.74) is 1.58. The van der Waals surface area contributed by atoms with Crippen molar-refractivity contribution in [3.63, 3.8) is 0 Å². The third-order valence-electron chi connectivity index (χ3n) is 5.59. The van der Waals surface area contributed by atoms with Crippen LogP contribution in [0.25, 0.3) is 5.69 Å². The number of nitrogens with zero attached hydrogens (tertiary/aromatic N) is 2. The first-order valence-corrected chi connectivity index (χ1v) is 10.2. The highest BCUT2D eigenvalue weighted by molar-refractivity contribution is 6.06. The molecular weight excluding hydrogens is 427 g/mol. The molecule has 0 unspecified atom stereocenters. The number of nitrogens with one attached hydrogen (secondary N) is 2. The van der Waals surface area contributed by atoms with Crippen LogP contribution in [0.5, 0.6) is 0 Å². The lowest BCUT2D eigenvalue weighted by Crippen LogP contribution is -2.33. The Morgan fingerprint density at radius 1 is 1.09 bits per heavy atom. The van der Waals surface area contributed by atoms with Gasteiger partial charge >= 0.3 is 5.69 Å². The summed E-state index contributed by atoms with van der Waals surface area (Å²) < 4.78 is 14.6. The Morgan fingerprint density at radius 2 is 1.82 bits per heavy atom. The molecule has 0 spiro atoms. The average Bonchev–Trinajstić information content (AvgIpc) is 2.77. The summed E-state index contributed by atoms with van der Waals surface area (Å²) >= 11 is 0. The number of aryl methyl sites for hydroxylation is 1. The van der Waals surface area contributed by atoms with Crippen molar-refractivity contribution in [3.8, 4) is 5.69 Å². The predicted molar refractivity (Wildman–Crippen MR) is 121 cm³/mol. The molecule has 168 valence electrons. The van der Waals surface area contributed by atoms with Crippen LogP contribution in [-0.4, -0.2) is 33.3 Å². The van der Waals surface area contributed by atoms with Crippen LogP contribution in [0.1, 0.15) is 23.5 Å². The first kappa shape index (κ1) is 21.9. The maximum absolute atomic E-state index is 13.4. The van der Waals surface area contributed by atoms with Crippen molar-refractivity contribution in [2.75, 3.05) is 12.4 Å². The lowest BCUT2D eigenvalue weighted by Gasteiger charge is -2.28. The van der Waals surface area contributed by atoms with E-state index in [9.17, 15) is 23.6 Å². The highest BCUT2D eigenvalue weighted by Gasteiger charge is 2.31.